The molecule has 0 aromatic heterocycles. The smallest absolute Gasteiger partial charge is 0.169 e. The molecular formula is C16H17ClN2O2. The van der Waals surface area contributed by atoms with Gasteiger partial charge in [-0.2, -0.15) is 0 Å². The first-order chi connectivity index (χ1) is 10.1. The van der Waals surface area contributed by atoms with E-state index in [2.05, 4.69) is 0 Å². The van der Waals surface area contributed by atoms with E-state index in [1.807, 2.05) is 25.1 Å². The van der Waals surface area contributed by atoms with Crippen LogP contribution in [-0.2, 0) is 0 Å². The number of hydrogen-bond acceptors (Lipinski definition) is 3. The number of para-hydroxylation sites is 2. The predicted octanol–water partition coefficient (Wildman–Crippen LogP) is 4.21. The monoisotopic (exact) mass is 304 g/mol. The van der Waals surface area contributed by atoms with Crippen LogP contribution in [0.15, 0.2) is 42.5 Å². The highest BCUT2D eigenvalue weighted by atomic mass is 35.5. The molecule has 5 heteroatoms. The van der Waals surface area contributed by atoms with E-state index in [4.69, 9.17) is 32.2 Å². The van der Waals surface area contributed by atoms with Crippen LogP contribution >= 0.6 is 11.6 Å². The molecule has 0 spiro atoms. The van der Waals surface area contributed by atoms with E-state index < -0.39 is 0 Å². The minimum atomic E-state index is -0.137. The number of halogens is 1. The number of hydrogen-bond donors (Lipinski definition) is 2. The molecule has 0 saturated carbocycles. The number of rotatable bonds is 6. The molecule has 0 heterocycles. The molecule has 21 heavy (non-hydrogen) atoms. The van der Waals surface area contributed by atoms with Crippen LogP contribution in [0.5, 0.6) is 17.2 Å². The predicted molar refractivity (Wildman–Crippen MR) is 84.8 cm³/mol. The topological polar surface area (TPSA) is 68.3 Å². The Kier molecular flexibility index (Phi) is 5.06. The van der Waals surface area contributed by atoms with Crippen LogP contribution in [0.3, 0.4) is 0 Å². The van der Waals surface area contributed by atoms with Crippen molar-refractivity contribution in [3.63, 3.8) is 0 Å². The van der Waals surface area contributed by atoms with Crippen molar-refractivity contribution in [2.24, 2.45) is 5.73 Å². The molecule has 0 saturated heterocycles. The molecular weight excluding hydrogens is 288 g/mol. The number of amidine groups is 1. The Hall–Kier alpha value is -2.20. The minimum absolute atomic E-state index is 0.137. The molecule has 3 N–H and O–H groups in total. The molecule has 2 aromatic carbocycles. The molecule has 0 bridgehead atoms. The largest absolute Gasteiger partial charge is 0.490 e. The van der Waals surface area contributed by atoms with Gasteiger partial charge >= 0.3 is 0 Å². The van der Waals surface area contributed by atoms with Crippen molar-refractivity contribution in [1.82, 2.24) is 0 Å². The number of nitrogens with two attached hydrogens (primary N) is 1. The first kappa shape index (κ1) is 15.2. The second-order valence-electron chi connectivity index (χ2n) is 4.42. The average molecular weight is 305 g/mol. The third-order valence-corrected chi connectivity index (χ3v) is 3.09. The van der Waals surface area contributed by atoms with E-state index in [9.17, 15) is 0 Å². The Bertz CT molecular complexity index is 644. The molecule has 0 aliphatic rings. The standard InChI is InChI=1S/C16H17ClN2O2/c1-2-10-20-12-7-3-4-8-13(12)21-14-9-5-6-11(17)15(14)16(18)19/h3-9H,2,10H2,1H3,(H3,18,19). The third kappa shape index (κ3) is 3.67. The van der Waals surface area contributed by atoms with Gasteiger partial charge in [0.05, 0.1) is 17.2 Å². The molecule has 0 atom stereocenters. The average Bonchev–Trinajstić information content (AvgIpc) is 2.46. The van der Waals surface area contributed by atoms with Gasteiger partial charge in [-0.1, -0.05) is 36.7 Å². The fourth-order valence-electron chi connectivity index (χ4n) is 1.83. The Labute approximate surface area is 129 Å². The van der Waals surface area contributed by atoms with Crippen LogP contribution < -0.4 is 15.2 Å². The van der Waals surface area contributed by atoms with Gasteiger partial charge in [0.15, 0.2) is 11.5 Å². The lowest BCUT2D eigenvalue weighted by molar-refractivity contribution is 0.302. The van der Waals surface area contributed by atoms with Crippen LogP contribution in [0.25, 0.3) is 0 Å². The first-order valence-corrected chi connectivity index (χ1v) is 7.04. The summed E-state index contributed by atoms with van der Waals surface area (Å²) in [5.41, 5.74) is 5.95. The summed E-state index contributed by atoms with van der Waals surface area (Å²) in [5.74, 6) is 1.51. The van der Waals surface area contributed by atoms with E-state index in [0.29, 0.717) is 34.4 Å². The lowest BCUT2D eigenvalue weighted by Crippen LogP contribution is -2.13. The SMILES string of the molecule is CCCOc1ccccc1Oc1cccc(Cl)c1C(=N)N. The van der Waals surface area contributed by atoms with Crippen molar-refractivity contribution in [1.29, 1.82) is 5.41 Å². The van der Waals surface area contributed by atoms with E-state index in [1.165, 1.54) is 0 Å². The van der Waals surface area contributed by atoms with Crippen LogP contribution in [0.1, 0.15) is 18.9 Å². The second-order valence-corrected chi connectivity index (χ2v) is 4.83. The van der Waals surface area contributed by atoms with Crippen molar-refractivity contribution in [3.8, 4) is 17.2 Å². The van der Waals surface area contributed by atoms with Gasteiger partial charge in [-0.15, -0.1) is 0 Å². The Morgan fingerprint density at radius 1 is 1.10 bits per heavy atom. The van der Waals surface area contributed by atoms with E-state index in [0.717, 1.165) is 6.42 Å². The number of benzene rings is 2. The molecule has 0 aliphatic heterocycles. The summed E-state index contributed by atoms with van der Waals surface area (Å²) in [4.78, 5) is 0. The lowest BCUT2D eigenvalue weighted by atomic mass is 10.2. The van der Waals surface area contributed by atoms with E-state index in [1.54, 1.807) is 24.3 Å². The van der Waals surface area contributed by atoms with Crippen LogP contribution in [-0.4, -0.2) is 12.4 Å². The molecule has 0 amide bonds. The maximum atomic E-state index is 7.63. The highest BCUT2D eigenvalue weighted by Gasteiger charge is 2.13. The fraction of sp³-hybridized carbons (Fsp3) is 0.188. The highest BCUT2D eigenvalue weighted by molar-refractivity contribution is 6.34. The van der Waals surface area contributed by atoms with Crippen molar-refractivity contribution >= 4 is 17.4 Å². The van der Waals surface area contributed by atoms with Gasteiger partial charge in [-0.05, 0) is 30.7 Å². The number of nitrogens with one attached hydrogen (secondary N) is 1. The highest BCUT2D eigenvalue weighted by Crippen LogP contribution is 2.35. The zero-order chi connectivity index (χ0) is 15.2. The van der Waals surface area contributed by atoms with Gasteiger partial charge in [0.25, 0.3) is 0 Å². The quantitative estimate of drug-likeness (QED) is 0.620. The molecule has 0 fully saturated rings. The Morgan fingerprint density at radius 2 is 1.76 bits per heavy atom. The van der Waals surface area contributed by atoms with Crippen molar-refractivity contribution in [2.45, 2.75) is 13.3 Å². The summed E-state index contributed by atoms with van der Waals surface area (Å²) >= 11 is 6.08. The summed E-state index contributed by atoms with van der Waals surface area (Å²) < 4.78 is 11.5. The Balaban J connectivity index is 2.35. The first-order valence-electron chi connectivity index (χ1n) is 6.66. The van der Waals surface area contributed by atoms with Crippen molar-refractivity contribution < 1.29 is 9.47 Å². The lowest BCUT2D eigenvalue weighted by Gasteiger charge is -2.14. The number of ether oxygens (including phenoxy) is 2. The number of nitrogen functional groups attached to an aromatic ring is 1. The fourth-order valence-corrected chi connectivity index (χ4v) is 2.10. The van der Waals surface area contributed by atoms with Crippen LogP contribution in [0, 0.1) is 5.41 Å². The zero-order valence-corrected chi connectivity index (χ0v) is 12.5. The van der Waals surface area contributed by atoms with Gasteiger partial charge in [0.2, 0.25) is 0 Å². The summed E-state index contributed by atoms with van der Waals surface area (Å²) in [6, 6.07) is 12.5. The van der Waals surface area contributed by atoms with E-state index in [-0.39, 0.29) is 5.84 Å². The molecule has 2 rings (SSSR count). The van der Waals surface area contributed by atoms with Crippen molar-refractivity contribution in [3.05, 3.63) is 53.1 Å². The summed E-state index contributed by atoms with van der Waals surface area (Å²) in [5, 5.41) is 8.01. The normalized spacial score (nSPS) is 10.2. The maximum absolute atomic E-state index is 7.63. The van der Waals surface area contributed by atoms with Gasteiger partial charge in [0.1, 0.15) is 11.6 Å². The maximum Gasteiger partial charge on any atom is 0.169 e. The van der Waals surface area contributed by atoms with Crippen molar-refractivity contribution in [2.75, 3.05) is 6.61 Å². The van der Waals surface area contributed by atoms with Gasteiger partial charge in [-0.3, -0.25) is 5.41 Å². The molecule has 110 valence electrons. The van der Waals surface area contributed by atoms with Gasteiger partial charge in [0, 0.05) is 0 Å². The van der Waals surface area contributed by atoms with Gasteiger partial charge in [-0.25, -0.2) is 0 Å². The van der Waals surface area contributed by atoms with Gasteiger partial charge < -0.3 is 15.2 Å². The van der Waals surface area contributed by atoms with Crippen LogP contribution in [0.4, 0.5) is 0 Å². The Morgan fingerprint density at radius 3 is 2.43 bits per heavy atom. The summed E-state index contributed by atoms with van der Waals surface area (Å²) in [6.45, 7) is 2.64. The van der Waals surface area contributed by atoms with Crippen LogP contribution in [0.2, 0.25) is 5.02 Å². The summed E-state index contributed by atoms with van der Waals surface area (Å²) in [7, 11) is 0. The molecule has 0 unspecified atom stereocenters. The molecule has 0 aliphatic carbocycles. The molecule has 4 nitrogen and oxygen atoms in total. The second kappa shape index (κ2) is 6.99. The summed E-state index contributed by atoms with van der Waals surface area (Å²) in [6.07, 6.45) is 0.907. The van der Waals surface area contributed by atoms with E-state index >= 15 is 0 Å². The third-order valence-electron chi connectivity index (χ3n) is 2.78. The minimum Gasteiger partial charge on any atom is -0.490 e. The molecule has 0 radical (unpaired) electrons. The molecule has 2 aromatic rings. The zero-order valence-electron chi connectivity index (χ0n) is 11.7.